The van der Waals surface area contributed by atoms with Crippen LogP contribution >= 0.6 is 0 Å². The van der Waals surface area contributed by atoms with E-state index in [2.05, 4.69) is 0 Å². The van der Waals surface area contributed by atoms with Crippen LogP contribution in [0.25, 0.3) is 0 Å². The summed E-state index contributed by atoms with van der Waals surface area (Å²) in [5.41, 5.74) is 1.35. The fourth-order valence-corrected chi connectivity index (χ4v) is 2.50. The number of hydrogen-bond donors (Lipinski definition) is 0. The molecule has 0 aromatic heterocycles. The highest BCUT2D eigenvalue weighted by molar-refractivity contribution is 5.83. The Morgan fingerprint density at radius 3 is 2.59 bits per heavy atom. The molecule has 0 aliphatic carbocycles. The first-order valence-corrected chi connectivity index (χ1v) is 7.04. The maximum atomic E-state index is 13.3. The van der Waals surface area contributed by atoms with E-state index < -0.39 is 17.7 Å². The maximum absolute atomic E-state index is 13.3. The van der Waals surface area contributed by atoms with Crippen molar-refractivity contribution in [2.24, 2.45) is 0 Å². The summed E-state index contributed by atoms with van der Waals surface area (Å²) >= 11 is 0. The lowest BCUT2D eigenvalue weighted by molar-refractivity contribution is -0.154. The molecule has 0 radical (unpaired) electrons. The van der Waals surface area contributed by atoms with Crippen molar-refractivity contribution in [1.29, 1.82) is 0 Å². The number of halogens is 2. The Bertz CT molecular complexity index is 676. The Kier molecular flexibility index (Phi) is 4.15. The molecule has 0 spiro atoms. The van der Waals surface area contributed by atoms with E-state index in [9.17, 15) is 13.6 Å². The van der Waals surface area contributed by atoms with Crippen LogP contribution in [0, 0.1) is 11.6 Å². The fraction of sp³-hybridized carbons (Fsp3) is 0.235. The molecule has 114 valence electrons. The van der Waals surface area contributed by atoms with Gasteiger partial charge in [0.1, 0.15) is 0 Å². The van der Waals surface area contributed by atoms with Gasteiger partial charge in [-0.05, 0) is 23.3 Å². The van der Waals surface area contributed by atoms with Gasteiger partial charge in [-0.3, -0.25) is 4.79 Å². The van der Waals surface area contributed by atoms with Gasteiger partial charge >= 0.3 is 0 Å². The van der Waals surface area contributed by atoms with Crippen LogP contribution in [0.5, 0.6) is 0 Å². The summed E-state index contributed by atoms with van der Waals surface area (Å²) in [5, 5.41) is 0. The first-order valence-electron chi connectivity index (χ1n) is 7.04. The predicted octanol–water partition coefficient (Wildman–Crippen LogP) is 3.06. The zero-order chi connectivity index (χ0) is 15.5. The van der Waals surface area contributed by atoms with E-state index in [-0.39, 0.29) is 5.91 Å². The Balaban J connectivity index is 1.79. The topological polar surface area (TPSA) is 29.5 Å². The molecule has 0 saturated carbocycles. The molecule has 1 fully saturated rings. The molecule has 1 aliphatic rings. The van der Waals surface area contributed by atoms with Crippen LogP contribution < -0.4 is 0 Å². The van der Waals surface area contributed by atoms with Crippen molar-refractivity contribution >= 4 is 5.91 Å². The minimum atomic E-state index is -0.978. The average Bonchev–Trinajstić information content (AvgIpc) is 2.53. The number of morpholine rings is 1. The van der Waals surface area contributed by atoms with E-state index in [1.807, 2.05) is 30.3 Å². The number of rotatable bonds is 3. The molecule has 1 amide bonds. The van der Waals surface area contributed by atoms with Crippen LogP contribution in [0.15, 0.2) is 48.5 Å². The molecular weight excluding hydrogens is 288 g/mol. The maximum Gasteiger partial charge on any atom is 0.256 e. The largest absolute Gasteiger partial charge is 0.362 e. The van der Waals surface area contributed by atoms with Gasteiger partial charge in [0.2, 0.25) is 0 Å². The summed E-state index contributed by atoms with van der Waals surface area (Å²) in [4.78, 5) is 14.2. The lowest BCUT2D eigenvalue weighted by atomic mass is 10.1. The zero-order valence-corrected chi connectivity index (χ0v) is 11.8. The van der Waals surface area contributed by atoms with E-state index >= 15 is 0 Å². The normalized spacial score (nSPS) is 18.5. The van der Waals surface area contributed by atoms with Crippen molar-refractivity contribution in [2.75, 3.05) is 13.2 Å². The standard InChI is InChI=1S/C17H15F2NO2/c18-14-7-6-13(10-15(14)19)16-17(21)20(8-9-22-16)11-12-4-2-1-3-5-12/h1-7,10,16H,8-9,11H2. The van der Waals surface area contributed by atoms with Crippen LogP contribution in [0.4, 0.5) is 8.78 Å². The summed E-state index contributed by atoms with van der Waals surface area (Å²) < 4.78 is 31.8. The van der Waals surface area contributed by atoms with Gasteiger partial charge in [0, 0.05) is 13.1 Å². The summed E-state index contributed by atoms with van der Waals surface area (Å²) in [6.07, 6.45) is -0.882. The third kappa shape index (κ3) is 2.99. The molecule has 1 unspecified atom stereocenters. The van der Waals surface area contributed by atoms with E-state index in [0.29, 0.717) is 25.3 Å². The van der Waals surface area contributed by atoms with Gasteiger partial charge in [0.15, 0.2) is 17.7 Å². The first kappa shape index (κ1) is 14.7. The highest BCUT2D eigenvalue weighted by Gasteiger charge is 2.31. The van der Waals surface area contributed by atoms with Gasteiger partial charge in [0.05, 0.1) is 6.61 Å². The summed E-state index contributed by atoms with van der Waals surface area (Å²) in [6, 6.07) is 13.0. The number of carbonyl (C=O) groups is 1. The second kappa shape index (κ2) is 6.23. The SMILES string of the molecule is O=C1C(c2ccc(F)c(F)c2)OCCN1Cc1ccccc1. The van der Waals surface area contributed by atoms with Gasteiger partial charge in [-0.2, -0.15) is 0 Å². The highest BCUT2D eigenvalue weighted by atomic mass is 19.2. The van der Waals surface area contributed by atoms with E-state index in [1.165, 1.54) is 6.07 Å². The lowest BCUT2D eigenvalue weighted by Gasteiger charge is -2.32. The molecule has 1 aliphatic heterocycles. The third-order valence-electron chi connectivity index (χ3n) is 3.64. The van der Waals surface area contributed by atoms with Crippen molar-refractivity contribution in [3.8, 4) is 0 Å². The Morgan fingerprint density at radius 2 is 1.86 bits per heavy atom. The van der Waals surface area contributed by atoms with E-state index in [4.69, 9.17) is 4.74 Å². The molecule has 2 aromatic rings. The second-order valence-electron chi connectivity index (χ2n) is 5.17. The fourth-order valence-electron chi connectivity index (χ4n) is 2.50. The monoisotopic (exact) mass is 303 g/mol. The first-order chi connectivity index (χ1) is 10.6. The van der Waals surface area contributed by atoms with Crippen LogP contribution in [0.2, 0.25) is 0 Å². The second-order valence-corrected chi connectivity index (χ2v) is 5.17. The Morgan fingerprint density at radius 1 is 1.09 bits per heavy atom. The molecule has 22 heavy (non-hydrogen) atoms. The molecule has 1 saturated heterocycles. The van der Waals surface area contributed by atoms with Gasteiger partial charge in [-0.1, -0.05) is 36.4 Å². The van der Waals surface area contributed by atoms with Crippen molar-refractivity contribution in [2.45, 2.75) is 12.6 Å². The summed E-state index contributed by atoms with van der Waals surface area (Å²) in [6.45, 7) is 1.32. The van der Waals surface area contributed by atoms with Crippen LogP contribution in [-0.2, 0) is 16.1 Å². The number of amides is 1. The molecule has 2 aromatic carbocycles. The molecule has 0 N–H and O–H groups in total. The minimum Gasteiger partial charge on any atom is -0.362 e. The molecule has 1 heterocycles. The molecular formula is C17H15F2NO2. The highest BCUT2D eigenvalue weighted by Crippen LogP contribution is 2.26. The molecule has 1 atom stereocenters. The average molecular weight is 303 g/mol. The van der Waals surface area contributed by atoms with E-state index in [1.54, 1.807) is 4.90 Å². The quantitative estimate of drug-likeness (QED) is 0.872. The van der Waals surface area contributed by atoms with Crippen LogP contribution in [-0.4, -0.2) is 24.0 Å². The Hall–Kier alpha value is -2.27. The van der Waals surface area contributed by atoms with Crippen molar-refractivity contribution in [1.82, 2.24) is 4.90 Å². The molecule has 5 heteroatoms. The van der Waals surface area contributed by atoms with Crippen molar-refractivity contribution < 1.29 is 18.3 Å². The van der Waals surface area contributed by atoms with Gasteiger partial charge in [-0.15, -0.1) is 0 Å². The zero-order valence-electron chi connectivity index (χ0n) is 11.8. The van der Waals surface area contributed by atoms with Gasteiger partial charge in [0.25, 0.3) is 5.91 Å². The third-order valence-corrected chi connectivity index (χ3v) is 3.64. The number of hydrogen-bond acceptors (Lipinski definition) is 2. The molecule has 3 rings (SSSR count). The summed E-state index contributed by atoms with van der Waals surface area (Å²) in [5.74, 6) is -2.15. The van der Waals surface area contributed by atoms with Gasteiger partial charge < -0.3 is 9.64 Å². The lowest BCUT2D eigenvalue weighted by Crippen LogP contribution is -2.43. The summed E-state index contributed by atoms with van der Waals surface area (Å²) in [7, 11) is 0. The number of carbonyl (C=O) groups excluding carboxylic acids is 1. The van der Waals surface area contributed by atoms with Crippen LogP contribution in [0.1, 0.15) is 17.2 Å². The Labute approximate surface area is 127 Å². The van der Waals surface area contributed by atoms with Gasteiger partial charge in [-0.25, -0.2) is 8.78 Å². The van der Waals surface area contributed by atoms with E-state index in [0.717, 1.165) is 17.7 Å². The molecule has 0 bridgehead atoms. The van der Waals surface area contributed by atoms with Crippen molar-refractivity contribution in [3.63, 3.8) is 0 Å². The minimum absolute atomic E-state index is 0.235. The number of ether oxygens (including phenoxy) is 1. The predicted molar refractivity (Wildman–Crippen MR) is 76.9 cm³/mol. The van der Waals surface area contributed by atoms with Crippen LogP contribution in [0.3, 0.4) is 0 Å². The smallest absolute Gasteiger partial charge is 0.256 e. The van der Waals surface area contributed by atoms with Crippen molar-refractivity contribution in [3.05, 3.63) is 71.3 Å². The number of benzene rings is 2. The molecule has 3 nitrogen and oxygen atoms in total. The number of nitrogens with zero attached hydrogens (tertiary/aromatic N) is 1.